The molecule has 1 aliphatic rings. The van der Waals surface area contributed by atoms with Gasteiger partial charge in [0.25, 0.3) is 5.91 Å². The monoisotopic (exact) mass is 437 g/mol. The first-order chi connectivity index (χ1) is 15.2. The quantitative estimate of drug-likeness (QED) is 0.526. The molecule has 1 N–H and O–H groups in total. The fraction of sp³-hybridized carbons (Fsp3) is 0.333. The molecule has 0 radical (unpaired) electrons. The summed E-state index contributed by atoms with van der Waals surface area (Å²) < 4.78 is 4.98. The predicted octanol–water partition coefficient (Wildman–Crippen LogP) is 3.75. The van der Waals surface area contributed by atoms with Crippen molar-refractivity contribution in [2.75, 3.05) is 16.8 Å². The molecule has 0 unspecified atom stereocenters. The van der Waals surface area contributed by atoms with Crippen LogP contribution in [0, 0.1) is 6.92 Å². The van der Waals surface area contributed by atoms with Gasteiger partial charge >= 0.3 is 12.0 Å². The Labute approximate surface area is 187 Å². The van der Waals surface area contributed by atoms with E-state index in [4.69, 9.17) is 4.74 Å². The molecule has 1 saturated heterocycles. The Bertz CT molecular complexity index is 1050. The molecule has 8 heteroatoms. The van der Waals surface area contributed by atoms with E-state index in [2.05, 4.69) is 5.32 Å². The number of urea groups is 1. The Morgan fingerprint density at radius 3 is 2.47 bits per heavy atom. The zero-order valence-electron chi connectivity index (χ0n) is 18.6. The number of carbonyl (C=O) groups excluding carboxylic acids is 4. The van der Waals surface area contributed by atoms with Crippen LogP contribution in [0.4, 0.5) is 16.2 Å². The second kappa shape index (κ2) is 9.64. The molecule has 1 fully saturated rings. The maximum Gasteiger partial charge on any atom is 0.338 e. The second-order valence-corrected chi connectivity index (χ2v) is 7.87. The highest BCUT2D eigenvalue weighted by molar-refractivity contribution is 6.22. The Morgan fingerprint density at radius 1 is 1.09 bits per heavy atom. The first-order valence-electron chi connectivity index (χ1n) is 10.5. The summed E-state index contributed by atoms with van der Waals surface area (Å²) >= 11 is 0. The first kappa shape index (κ1) is 23.0. The van der Waals surface area contributed by atoms with Gasteiger partial charge in [0.1, 0.15) is 6.04 Å². The minimum absolute atomic E-state index is 0.200. The van der Waals surface area contributed by atoms with E-state index in [0.717, 1.165) is 10.5 Å². The van der Waals surface area contributed by atoms with Crippen LogP contribution in [-0.2, 0) is 14.3 Å². The van der Waals surface area contributed by atoms with Crippen molar-refractivity contribution in [3.8, 4) is 0 Å². The Morgan fingerprint density at radius 2 is 1.81 bits per heavy atom. The number of nitrogens with one attached hydrogen (secondary N) is 1. The number of ether oxygens (including phenoxy) is 1. The van der Waals surface area contributed by atoms with Crippen molar-refractivity contribution < 1.29 is 23.9 Å². The topological polar surface area (TPSA) is 96.0 Å². The molecule has 0 bridgehead atoms. The van der Waals surface area contributed by atoms with Crippen LogP contribution in [0.3, 0.4) is 0 Å². The summed E-state index contributed by atoms with van der Waals surface area (Å²) in [4.78, 5) is 53.5. The summed E-state index contributed by atoms with van der Waals surface area (Å²) in [6.07, 6.45) is -0.200. The van der Waals surface area contributed by atoms with Gasteiger partial charge in [-0.25, -0.2) is 14.5 Å². The lowest BCUT2D eigenvalue weighted by atomic mass is 10.1. The maximum atomic E-state index is 13.2. The molecule has 0 spiro atoms. The highest BCUT2D eigenvalue weighted by Crippen LogP contribution is 2.29. The predicted molar refractivity (Wildman–Crippen MR) is 120 cm³/mol. The van der Waals surface area contributed by atoms with Gasteiger partial charge in [-0.05, 0) is 63.6 Å². The number of carbonyl (C=O) groups is 4. The molecule has 3 rings (SSSR count). The summed E-state index contributed by atoms with van der Waals surface area (Å²) in [6, 6.07) is 11.9. The van der Waals surface area contributed by atoms with Gasteiger partial charge in [0.2, 0.25) is 5.91 Å². The second-order valence-electron chi connectivity index (χ2n) is 7.87. The number of hydrogen-bond acceptors (Lipinski definition) is 5. The third kappa shape index (κ3) is 4.80. The summed E-state index contributed by atoms with van der Waals surface area (Å²) in [5, 5.41) is 2.71. The number of imide groups is 1. The smallest absolute Gasteiger partial charge is 0.338 e. The van der Waals surface area contributed by atoms with Gasteiger partial charge in [-0.3, -0.25) is 9.59 Å². The summed E-state index contributed by atoms with van der Waals surface area (Å²) in [5.41, 5.74) is 2.12. The summed E-state index contributed by atoms with van der Waals surface area (Å²) in [6.45, 7) is 7.45. The number of amides is 4. The van der Waals surface area contributed by atoms with Gasteiger partial charge in [-0.2, -0.15) is 0 Å². The fourth-order valence-corrected chi connectivity index (χ4v) is 3.71. The number of rotatable bonds is 7. The molecule has 168 valence electrons. The minimum Gasteiger partial charge on any atom is -0.462 e. The average molecular weight is 437 g/mol. The molecule has 2 aromatic carbocycles. The van der Waals surface area contributed by atoms with Gasteiger partial charge in [-0.15, -0.1) is 0 Å². The Hall–Kier alpha value is -3.68. The Kier molecular flexibility index (Phi) is 6.92. The van der Waals surface area contributed by atoms with Crippen molar-refractivity contribution in [1.29, 1.82) is 0 Å². The van der Waals surface area contributed by atoms with E-state index in [1.165, 1.54) is 11.0 Å². The molecule has 0 aromatic heterocycles. The van der Waals surface area contributed by atoms with Crippen LogP contribution in [0.25, 0.3) is 0 Å². The van der Waals surface area contributed by atoms with Crippen LogP contribution in [-0.4, -0.2) is 47.4 Å². The van der Waals surface area contributed by atoms with Crippen LogP contribution < -0.4 is 10.2 Å². The normalized spacial score (nSPS) is 16.0. The molecule has 4 amide bonds. The number of benzene rings is 2. The number of aryl methyl sites for hydroxylation is 1. The van der Waals surface area contributed by atoms with Crippen LogP contribution in [0.2, 0.25) is 0 Å². The standard InChI is InChI=1S/C24H27N3O5/c1-5-32-23(30)17-9-7-10-18(13-17)25-21(28)14-20-22(29)27(24(31)26(20)15(2)3)19-11-6-8-16(4)12-19/h6-13,15,20H,5,14H2,1-4H3,(H,25,28)/t20-/m1/s1. The van der Waals surface area contributed by atoms with Crippen LogP contribution >= 0.6 is 0 Å². The van der Waals surface area contributed by atoms with Crippen molar-refractivity contribution >= 4 is 35.2 Å². The molecule has 0 saturated carbocycles. The SMILES string of the molecule is CCOC(=O)c1cccc(NC(=O)C[C@@H]2C(=O)N(c3cccc(C)c3)C(=O)N2C(C)C)c1. The van der Waals surface area contributed by atoms with E-state index in [1.54, 1.807) is 57.2 Å². The highest BCUT2D eigenvalue weighted by atomic mass is 16.5. The van der Waals surface area contributed by atoms with Gasteiger partial charge < -0.3 is 15.0 Å². The lowest BCUT2D eigenvalue weighted by molar-refractivity contribution is -0.124. The van der Waals surface area contributed by atoms with Crippen LogP contribution in [0.15, 0.2) is 48.5 Å². The van der Waals surface area contributed by atoms with E-state index in [-0.39, 0.29) is 19.1 Å². The zero-order chi connectivity index (χ0) is 23.4. The van der Waals surface area contributed by atoms with Crippen LogP contribution in [0.1, 0.15) is 43.1 Å². The number of hydrogen-bond donors (Lipinski definition) is 1. The van der Waals surface area contributed by atoms with Gasteiger partial charge in [0, 0.05) is 11.7 Å². The number of esters is 1. The number of anilines is 2. The fourth-order valence-electron chi connectivity index (χ4n) is 3.71. The van der Waals surface area contributed by atoms with E-state index in [9.17, 15) is 19.2 Å². The molecular weight excluding hydrogens is 410 g/mol. The largest absolute Gasteiger partial charge is 0.462 e. The lowest BCUT2D eigenvalue weighted by Gasteiger charge is -2.25. The first-order valence-corrected chi connectivity index (χ1v) is 10.5. The molecule has 8 nitrogen and oxygen atoms in total. The maximum absolute atomic E-state index is 13.2. The molecule has 1 aliphatic heterocycles. The van der Waals surface area contributed by atoms with Crippen molar-refractivity contribution in [1.82, 2.24) is 4.90 Å². The average Bonchev–Trinajstić information content (AvgIpc) is 2.97. The van der Waals surface area contributed by atoms with E-state index in [1.807, 2.05) is 13.0 Å². The van der Waals surface area contributed by atoms with E-state index < -0.39 is 29.9 Å². The third-order valence-electron chi connectivity index (χ3n) is 5.11. The van der Waals surface area contributed by atoms with Crippen molar-refractivity contribution in [2.24, 2.45) is 0 Å². The molecule has 2 aromatic rings. The molecule has 32 heavy (non-hydrogen) atoms. The highest BCUT2D eigenvalue weighted by Gasteiger charge is 2.47. The minimum atomic E-state index is -0.920. The van der Waals surface area contributed by atoms with Crippen molar-refractivity contribution in [3.63, 3.8) is 0 Å². The number of nitrogens with zero attached hydrogens (tertiary/aromatic N) is 2. The van der Waals surface area contributed by atoms with Gasteiger partial charge in [0.15, 0.2) is 0 Å². The van der Waals surface area contributed by atoms with Crippen molar-refractivity contribution in [3.05, 3.63) is 59.7 Å². The molecule has 1 atom stereocenters. The van der Waals surface area contributed by atoms with Gasteiger partial charge in [0.05, 0.1) is 24.3 Å². The summed E-state index contributed by atoms with van der Waals surface area (Å²) in [5.74, 6) is -1.36. The van der Waals surface area contributed by atoms with Gasteiger partial charge in [-0.1, -0.05) is 18.2 Å². The molecular formula is C24H27N3O5. The summed E-state index contributed by atoms with van der Waals surface area (Å²) in [7, 11) is 0. The van der Waals surface area contributed by atoms with Crippen molar-refractivity contribution in [2.45, 2.75) is 46.2 Å². The third-order valence-corrected chi connectivity index (χ3v) is 5.11. The molecule has 0 aliphatic carbocycles. The zero-order valence-corrected chi connectivity index (χ0v) is 18.6. The van der Waals surface area contributed by atoms with Crippen LogP contribution in [0.5, 0.6) is 0 Å². The van der Waals surface area contributed by atoms with E-state index >= 15 is 0 Å². The Balaban J connectivity index is 1.78. The lowest BCUT2D eigenvalue weighted by Crippen LogP contribution is -2.42. The molecule has 1 heterocycles. The van der Waals surface area contributed by atoms with E-state index in [0.29, 0.717) is 16.9 Å².